The van der Waals surface area contributed by atoms with Crippen LogP contribution in [0.1, 0.15) is 51.2 Å². The van der Waals surface area contributed by atoms with Crippen molar-refractivity contribution in [2.45, 2.75) is 64.6 Å². The van der Waals surface area contributed by atoms with Crippen molar-refractivity contribution >= 4 is 38.7 Å². The van der Waals surface area contributed by atoms with Crippen LogP contribution in [0, 0.1) is 5.41 Å². The summed E-state index contributed by atoms with van der Waals surface area (Å²) in [5, 5.41) is 12.0. The highest BCUT2D eigenvalue weighted by Gasteiger charge is 2.56. The molecule has 0 unspecified atom stereocenters. The summed E-state index contributed by atoms with van der Waals surface area (Å²) < 4.78 is 12.5. The Morgan fingerprint density at radius 3 is 2.53 bits per heavy atom. The molecule has 1 atom stereocenters. The van der Waals surface area contributed by atoms with E-state index in [2.05, 4.69) is 40.2 Å². The number of halogens is 1. The van der Waals surface area contributed by atoms with Crippen LogP contribution in [0.3, 0.4) is 0 Å². The van der Waals surface area contributed by atoms with Gasteiger partial charge in [-0.15, -0.1) is 0 Å². The minimum Gasteiger partial charge on any atom is -0.465 e. The van der Waals surface area contributed by atoms with E-state index < -0.39 is 17.1 Å². The highest BCUT2D eigenvalue weighted by atomic mass is 79.9. The molecule has 4 rings (SSSR count). The van der Waals surface area contributed by atoms with Crippen LogP contribution in [0.5, 0.6) is 0 Å². The smallest absolute Gasteiger partial charge is 0.407 e. The van der Waals surface area contributed by atoms with Gasteiger partial charge < -0.3 is 24.4 Å². The summed E-state index contributed by atoms with van der Waals surface area (Å²) in [5.41, 5.74) is 0.463. The van der Waals surface area contributed by atoms with Crippen LogP contribution in [0.2, 0.25) is 0 Å². The van der Waals surface area contributed by atoms with Crippen molar-refractivity contribution in [1.29, 1.82) is 0 Å². The Bertz CT molecular complexity index is 1130. The fourth-order valence-electron chi connectivity index (χ4n) is 5.17. The van der Waals surface area contributed by atoms with E-state index in [1.165, 1.54) is 15.8 Å². The van der Waals surface area contributed by atoms with Crippen molar-refractivity contribution in [3.05, 3.63) is 45.9 Å². The number of fused-ring (bicyclic) bond motifs is 1. The molecule has 1 aliphatic carbocycles. The second-order valence-corrected chi connectivity index (χ2v) is 11.7. The molecule has 1 N–H and O–H groups in total. The van der Waals surface area contributed by atoms with E-state index in [-0.39, 0.29) is 31.6 Å². The van der Waals surface area contributed by atoms with Crippen LogP contribution < -0.4 is 0 Å². The summed E-state index contributed by atoms with van der Waals surface area (Å²) in [6, 6.07) is 10.7. The zero-order valence-electron chi connectivity index (χ0n) is 21.7. The Balaban J connectivity index is 1.72. The molecule has 2 aromatic rings. The number of ether oxygens (including phenoxy) is 2. The second-order valence-electron chi connectivity index (χ2n) is 10.9. The van der Waals surface area contributed by atoms with Crippen molar-refractivity contribution in [2.24, 2.45) is 5.41 Å². The zero-order chi connectivity index (χ0) is 26.1. The monoisotopic (exact) mass is 560 g/mol. The molecule has 1 saturated carbocycles. The van der Waals surface area contributed by atoms with E-state index in [4.69, 9.17) is 9.47 Å². The number of rotatable bonds is 8. The normalized spacial score (nSPS) is 20.5. The fraction of sp³-hybridized carbons (Fsp3) is 0.571. The molecule has 8 heteroatoms. The van der Waals surface area contributed by atoms with E-state index in [9.17, 15) is 14.7 Å². The van der Waals surface area contributed by atoms with Gasteiger partial charge in [-0.05, 0) is 63.5 Å². The van der Waals surface area contributed by atoms with Crippen molar-refractivity contribution in [1.82, 2.24) is 9.80 Å². The molecular formula is C28H37BrN2O5. The van der Waals surface area contributed by atoms with E-state index in [1.807, 2.05) is 31.7 Å². The first-order valence-electron chi connectivity index (χ1n) is 12.7. The quantitative estimate of drug-likeness (QED) is 0.433. The average Bonchev–Trinajstić information content (AvgIpc) is 3.69. The number of benzene rings is 2. The minimum absolute atomic E-state index is 0.0368. The molecule has 7 nitrogen and oxygen atoms in total. The van der Waals surface area contributed by atoms with E-state index in [0.29, 0.717) is 13.2 Å². The molecule has 2 aromatic carbocycles. The number of nitrogens with zero attached hydrogens (tertiary/aromatic N) is 2. The van der Waals surface area contributed by atoms with Gasteiger partial charge in [-0.25, -0.2) is 4.79 Å². The first kappa shape index (κ1) is 26.9. The van der Waals surface area contributed by atoms with Gasteiger partial charge in [0.25, 0.3) is 5.91 Å². The van der Waals surface area contributed by atoms with Gasteiger partial charge in [-0.3, -0.25) is 4.79 Å². The number of methoxy groups -OCH3 is 1. The molecule has 1 heterocycles. The molecular weight excluding hydrogens is 524 g/mol. The third-order valence-electron chi connectivity index (χ3n) is 7.47. The first-order valence-corrected chi connectivity index (χ1v) is 13.5. The van der Waals surface area contributed by atoms with E-state index in [1.54, 1.807) is 7.11 Å². The number of morpholine rings is 1. The number of carbonyl (C=O) groups excluding carboxylic acids is 1. The second kappa shape index (κ2) is 10.7. The Hall–Kier alpha value is -2.16. The molecule has 2 amide bonds. The lowest BCUT2D eigenvalue weighted by atomic mass is 9.74. The van der Waals surface area contributed by atoms with Gasteiger partial charge >= 0.3 is 6.09 Å². The SMILES string of the molecule is COCCCc1cc(CN(C(=O)[C@@]2(C(C)(C)C)CN(C(=O)O)CCO2)C2CC2)c(Br)c2ccccc12. The van der Waals surface area contributed by atoms with Crippen molar-refractivity contribution in [2.75, 3.05) is 33.4 Å². The number of amides is 2. The lowest BCUT2D eigenvalue weighted by Gasteiger charge is -2.50. The fourth-order valence-corrected chi connectivity index (χ4v) is 5.75. The largest absolute Gasteiger partial charge is 0.465 e. The Morgan fingerprint density at radius 1 is 1.22 bits per heavy atom. The molecule has 36 heavy (non-hydrogen) atoms. The predicted octanol–water partition coefficient (Wildman–Crippen LogP) is 5.47. The lowest BCUT2D eigenvalue weighted by molar-refractivity contribution is -0.192. The standard InChI is InChI=1S/C28H37BrN2O5/c1-27(2,3)28(18-30(26(33)34)13-15-36-28)25(32)31(21-11-12-21)17-20-16-19(8-7-14-35-4)22-9-5-6-10-23(22)24(20)29/h5-6,9-10,16,21H,7-8,11-15,17-18H2,1-4H3,(H,33,34)/t28-/m1/s1. The topological polar surface area (TPSA) is 79.3 Å². The molecule has 196 valence electrons. The predicted molar refractivity (Wildman–Crippen MR) is 143 cm³/mol. The van der Waals surface area contributed by atoms with Crippen molar-refractivity contribution < 1.29 is 24.2 Å². The number of carbonyl (C=O) groups is 2. The lowest BCUT2D eigenvalue weighted by Crippen LogP contribution is -2.67. The Morgan fingerprint density at radius 2 is 1.92 bits per heavy atom. The van der Waals surface area contributed by atoms with Gasteiger partial charge in [0.2, 0.25) is 0 Å². The van der Waals surface area contributed by atoms with Crippen LogP contribution in [-0.4, -0.2) is 72.0 Å². The van der Waals surface area contributed by atoms with Crippen LogP contribution in [0.15, 0.2) is 34.8 Å². The van der Waals surface area contributed by atoms with Gasteiger partial charge in [0.05, 0.1) is 13.2 Å². The minimum atomic E-state index is -1.24. The molecule has 1 aliphatic heterocycles. The highest BCUT2D eigenvalue weighted by Crippen LogP contribution is 2.42. The van der Waals surface area contributed by atoms with Crippen LogP contribution in [-0.2, 0) is 27.2 Å². The van der Waals surface area contributed by atoms with Gasteiger partial charge in [0.15, 0.2) is 5.60 Å². The molecule has 0 bridgehead atoms. The number of aryl methyl sites for hydroxylation is 1. The molecule has 2 fully saturated rings. The maximum atomic E-state index is 14.3. The van der Waals surface area contributed by atoms with Gasteiger partial charge in [-0.2, -0.15) is 0 Å². The van der Waals surface area contributed by atoms with Gasteiger partial charge in [0.1, 0.15) is 0 Å². The van der Waals surface area contributed by atoms with Crippen molar-refractivity contribution in [3.8, 4) is 0 Å². The first-order chi connectivity index (χ1) is 17.1. The molecule has 0 spiro atoms. The molecule has 0 radical (unpaired) electrons. The van der Waals surface area contributed by atoms with Gasteiger partial charge in [-0.1, -0.05) is 51.1 Å². The maximum Gasteiger partial charge on any atom is 0.407 e. The number of hydrogen-bond donors (Lipinski definition) is 1. The van der Waals surface area contributed by atoms with Gasteiger partial charge in [0, 0.05) is 42.7 Å². The summed E-state index contributed by atoms with van der Waals surface area (Å²) in [6.07, 6.45) is 2.67. The summed E-state index contributed by atoms with van der Waals surface area (Å²) >= 11 is 3.84. The summed E-state index contributed by atoms with van der Waals surface area (Å²) in [6.45, 7) is 7.53. The summed E-state index contributed by atoms with van der Waals surface area (Å²) in [4.78, 5) is 29.4. The molecule has 0 aromatic heterocycles. The van der Waals surface area contributed by atoms with Crippen LogP contribution in [0.4, 0.5) is 4.79 Å². The van der Waals surface area contributed by atoms with Crippen LogP contribution in [0.25, 0.3) is 10.8 Å². The summed E-state index contributed by atoms with van der Waals surface area (Å²) in [7, 11) is 1.72. The van der Waals surface area contributed by atoms with E-state index >= 15 is 0 Å². The molecule has 2 aliphatic rings. The average molecular weight is 562 g/mol. The number of hydrogen-bond acceptors (Lipinski definition) is 4. The maximum absolute atomic E-state index is 14.3. The zero-order valence-corrected chi connectivity index (χ0v) is 23.3. The number of carboxylic acid groups (broad SMARTS) is 1. The van der Waals surface area contributed by atoms with Crippen molar-refractivity contribution in [3.63, 3.8) is 0 Å². The third-order valence-corrected chi connectivity index (χ3v) is 8.41. The Kier molecular flexibility index (Phi) is 7.98. The van der Waals surface area contributed by atoms with E-state index in [0.717, 1.165) is 41.1 Å². The van der Waals surface area contributed by atoms with Crippen LogP contribution >= 0.6 is 15.9 Å². The molecule has 1 saturated heterocycles. The highest BCUT2D eigenvalue weighted by molar-refractivity contribution is 9.10. The third kappa shape index (κ3) is 5.27. The summed E-state index contributed by atoms with van der Waals surface area (Å²) in [5.74, 6) is -0.121. The Labute approximate surface area is 221 Å².